The van der Waals surface area contributed by atoms with E-state index in [0.29, 0.717) is 6.04 Å². The number of nitrogens with zero attached hydrogens (tertiary/aromatic N) is 2. The zero-order chi connectivity index (χ0) is 14.0. The highest BCUT2D eigenvalue weighted by atomic mass is 79.9. The van der Waals surface area contributed by atoms with E-state index in [1.54, 1.807) is 0 Å². The first-order chi connectivity index (χ1) is 8.99. The Balaban J connectivity index is 2.16. The fourth-order valence-electron chi connectivity index (χ4n) is 2.61. The Hall–Kier alpha value is -0.870. The molecule has 0 spiro atoms. The molecule has 1 aromatic rings. The second-order valence-electron chi connectivity index (χ2n) is 5.46. The Morgan fingerprint density at radius 3 is 2.89 bits per heavy atom. The molecule has 0 saturated carbocycles. The van der Waals surface area contributed by atoms with E-state index in [9.17, 15) is 4.79 Å². The summed E-state index contributed by atoms with van der Waals surface area (Å²) in [5, 5.41) is 0. The SMILES string of the molecule is Cc1ccc(Br)c(C(=O)N(C)C2CCCN(C)C2)c1. The van der Waals surface area contributed by atoms with Crippen molar-refractivity contribution in [3.8, 4) is 0 Å². The largest absolute Gasteiger partial charge is 0.337 e. The minimum Gasteiger partial charge on any atom is -0.337 e. The topological polar surface area (TPSA) is 23.6 Å². The summed E-state index contributed by atoms with van der Waals surface area (Å²) in [6.45, 7) is 4.11. The predicted molar refractivity (Wildman–Crippen MR) is 81.5 cm³/mol. The van der Waals surface area contributed by atoms with Crippen LogP contribution in [0.5, 0.6) is 0 Å². The highest BCUT2D eigenvalue weighted by molar-refractivity contribution is 9.10. The zero-order valence-corrected chi connectivity index (χ0v) is 13.4. The molecule has 0 aliphatic carbocycles. The summed E-state index contributed by atoms with van der Waals surface area (Å²) < 4.78 is 0.874. The molecule has 1 amide bonds. The average molecular weight is 325 g/mol. The molecule has 1 saturated heterocycles. The van der Waals surface area contributed by atoms with Crippen LogP contribution in [0, 0.1) is 6.92 Å². The van der Waals surface area contributed by atoms with Crippen LogP contribution in [0.2, 0.25) is 0 Å². The smallest absolute Gasteiger partial charge is 0.255 e. The number of benzene rings is 1. The van der Waals surface area contributed by atoms with Gasteiger partial charge in [0.15, 0.2) is 0 Å². The quantitative estimate of drug-likeness (QED) is 0.835. The molecule has 1 unspecified atom stereocenters. The van der Waals surface area contributed by atoms with Crippen LogP contribution < -0.4 is 0 Å². The molecular weight excluding hydrogens is 304 g/mol. The number of piperidine rings is 1. The number of amides is 1. The van der Waals surface area contributed by atoms with Crippen LogP contribution in [0.25, 0.3) is 0 Å². The molecule has 104 valence electrons. The summed E-state index contributed by atoms with van der Waals surface area (Å²) in [6.07, 6.45) is 2.25. The number of hydrogen-bond acceptors (Lipinski definition) is 2. The molecule has 19 heavy (non-hydrogen) atoms. The van der Waals surface area contributed by atoms with Crippen LogP contribution in [0.3, 0.4) is 0 Å². The van der Waals surface area contributed by atoms with E-state index in [2.05, 4.69) is 27.9 Å². The van der Waals surface area contributed by atoms with Crippen LogP contribution in [-0.4, -0.2) is 48.9 Å². The van der Waals surface area contributed by atoms with Gasteiger partial charge in [-0.15, -0.1) is 0 Å². The van der Waals surface area contributed by atoms with E-state index < -0.39 is 0 Å². The summed E-state index contributed by atoms with van der Waals surface area (Å²) in [5.74, 6) is 0.107. The Bertz CT molecular complexity index is 475. The van der Waals surface area contributed by atoms with Crippen molar-refractivity contribution in [2.24, 2.45) is 0 Å². The first kappa shape index (κ1) is 14.5. The van der Waals surface area contributed by atoms with Gasteiger partial charge < -0.3 is 9.80 Å². The molecule has 1 fully saturated rings. The number of carbonyl (C=O) groups is 1. The van der Waals surface area contributed by atoms with Gasteiger partial charge in [0, 0.05) is 24.1 Å². The van der Waals surface area contributed by atoms with Crippen molar-refractivity contribution in [2.75, 3.05) is 27.2 Å². The molecule has 0 radical (unpaired) electrons. The van der Waals surface area contributed by atoms with Gasteiger partial charge in [0.1, 0.15) is 0 Å². The van der Waals surface area contributed by atoms with Gasteiger partial charge in [0.25, 0.3) is 5.91 Å². The first-order valence-corrected chi connectivity index (χ1v) is 7.50. The second-order valence-corrected chi connectivity index (χ2v) is 6.31. The third-order valence-electron chi connectivity index (χ3n) is 3.82. The molecule has 1 aliphatic heterocycles. The van der Waals surface area contributed by atoms with E-state index in [-0.39, 0.29) is 5.91 Å². The number of likely N-dealkylation sites (tertiary alicyclic amines) is 1. The van der Waals surface area contributed by atoms with Crippen LogP contribution in [0.1, 0.15) is 28.8 Å². The van der Waals surface area contributed by atoms with Gasteiger partial charge in [-0.2, -0.15) is 0 Å². The highest BCUT2D eigenvalue weighted by Gasteiger charge is 2.26. The van der Waals surface area contributed by atoms with Gasteiger partial charge >= 0.3 is 0 Å². The van der Waals surface area contributed by atoms with Crippen molar-refractivity contribution in [2.45, 2.75) is 25.8 Å². The molecule has 0 aromatic heterocycles. The first-order valence-electron chi connectivity index (χ1n) is 6.71. The number of hydrogen-bond donors (Lipinski definition) is 0. The maximum absolute atomic E-state index is 12.6. The lowest BCUT2D eigenvalue weighted by atomic mass is 10.0. The zero-order valence-electron chi connectivity index (χ0n) is 11.8. The molecule has 4 heteroatoms. The van der Waals surface area contributed by atoms with Gasteiger partial charge in [-0.25, -0.2) is 0 Å². The van der Waals surface area contributed by atoms with Gasteiger partial charge in [-0.3, -0.25) is 4.79 Å². The van der Waals surface area contributed by atoms with Crippen molar-refractivity contribution >= 4 is 21.8 Å². The summed E-state index contributed by atoms with van der Waals surface area (Å²) >= 11 is 3.48. The van der Waals surface area contributed by atoms with Crippen LogP contribution in [-0.2, 0) is 0 Å². The normalized spacial score (nSPS) is 20.3. The number of likely N-dealkylation sites (N-methyl/N-ethyl adjacent to an activating group) is 2. The molecule has 1 atom stereocenters. The molecular formula is C15H21BrN2O. The maximum Gasteiger partial charge on any atom is 0.255 e. The lowest BCUT2D eigenvalue weighted by molar-refractivity contribution is 0.0643. The lowest BCUT2D eigenvalue weighted by Gasteiger charge is -2.36. The van der Waals surface area contributed by atoms with Crippen molar-refractivity contribution in [3.05, 3.63) is 33.8 Å². The number of carbonyl (C=O) groups excluding carboxylic acids is 1. The number of aryl methyl sites for hydroxylation is 1. The second kappa shape index (κ2) is 6.06. The third-order valence-corrected chi connectivity index (χ3v) is 4.51. The molecule has 2 rings (SSSR count). The third kappa shape index (κ3) is 3.37. The summed E-state index contributed by atoms with van der Waals surface area (Å²) in [5.41, 5.74) is 1.87. The van der Waals surface area contributed by atoms with Gasteiger partial charge in [-0.1, -0.05) is 11.6 Å². The fourth-order valence-corrected chi connectivity index (χ4v) is 3.03. The molecule has 0 bridgehead atoms. The van der Waals surface area contributed by atoms with E-state index >= 15 is 0 Å². The van der Waals surface area contributed by atoms with Crippen LogP contribution in [0.4, 0.5) is 0 Å². The van der Waals surface area contributed by atoms with Crippen LogP contribution in [0.15, 0.2) is 22.7 Å². The van der Waals surface area contributed by atoms with E-state index in [4.69, 9.17) is 0 Å². The number of halogens is 1. The van der Waals surface area contributed by atoms with Gasteiger partial charge in [0.2, 0.25) is 0 Å². The maximum atomic E-state index is 12.6. The van der Waals surface area contributed by atoms with E-state index in [1.165, 1.54) is 0 Å². The number of rotatable bonds is 2. The standard InChI is InChI=1S/C15H21BrN2O/c1-11-6-7-14(16)13(9-11)15(19)18(3)12-5-4-8-17(2)10-12/h6-7,9,12H,4-5,8,10H2,1-3H3. The fraction of sp³-hybridized carbons (Fsp3) is 0.533. The minimum atomic E-state index is 0.107. The van der Waals surface area contributed by atoms with E-state index in [1.807, 2.05) is 37.1 Å². The molecule has 1 aliphatic rings. The van der Waals surface area contributed by atoms with Gasteiger partial charge in [-0.05, 0) is 61.4 Å². The Labute approximate surface area is 123 Å². The molecule has 1 heterocycles. The monoisotopic (exact) mass is 324 g/mol. The molecule has 1 aromatic carbocycles. The average Bonchev–Trinajstić information content (AvgIpc) is 2.40. The van der Waals surface area contributed by atoms with E-state index in [0.717, 1.165) is 41.5 Å². The summed E-state index contributed by atoms with van der Waals surface area (Å²) in [7, 11) is 4.04. The Morgan fingerprint density at radius 1 is 1.47 bits per heavy atom. The molecule has 0 N–H and O–H groups in total. The predicted octanol–water partition coefficient (Wildman–Crippen LogP) is 2.92. The summed E-state index contributed by atoms with van der Waals surface area (Å²) in [4.78, 5) is 16.8. The van der Waals surface area contributed by atoms with Gasteiger partial charge in [0.05, 0.1) is 5.56 Å². The Morgan fingerprint density at radius 2 is 2.21 bits per heavy atom. The van der Waals surface area contributed by atoms with Crippen molar-refractivity contribution in [1.29, 1.82) is 0 Å². The van der Waals surface area contributed by atoms with Crippen molar-refractivity contribution in [3.63, 3.8) is 0 Å². The summed E-state index contributed by atoms with van der Waals surface area (Å²) in [6, 6.07) is 6.23. The Kier molecular flexibility index (Phi) is 4.63. The van der Waals surface area contributed by atoms with Crippen molar-refractivity contribution < 1.29 is 4.79 Å². The van der Waals surface area contributed by atoms with Crippen LogP contribution >= 0.6 is 15.9 Å². The highest BCUT2D eigenvalue weighted by Crippen LogP contribution is 2.22. The lowest BCUT2D eigenvalue weighted by Crippen LogP contribution is -2.47. The minimum absolute atomic E-state index is 0.107. The van der Waals surface area contributed by atoms with Crippen molar-refractivity contribution in [1.82, 2.24) is 9.80 Å². The molecule has 3 nitrogen and oxygen atoms in total.